The predicted octanol–water partition coefficient (Wildman–Crippen LogP) is 3.31. The molecule has 160 valence electrons. The molecule has 0 radical (unpaired) electrons. The summed E-state index contributed by atoms with van der Waals surface area (Å²) < 4.78 is 52.4. The third kappa shape index (κ3) is 3.63. The van der Waals surface area contributed by atoms with Crippen LogP contribution in [0.4, 0.5) is 9.52 Å². The van der Waals surface area contributed by atoms with Crippen LogP contribution in [0.25, 0.3) is 11.1 Å². The lowest BCUT2D eigenvalue weighted by atomic mass is 9.88. The van der Waals surface area contributed by atoms with Crippen LogP contribution in [0, 0.1) is 5.82 Å². The second kappa shape index (κ2) is 7.57. The van der Waals surface area contributed by atoms with Gasteiger partial charge in [-0.2, -0.15) is 4.37 Å². The molecular weight excluding hydrogens is 443 g/mol. The summed E-state index contributed by atoms with van der Waals surface area (Å²) in [6.45, 7) is 0.226. The van der Waals surface area contributed by atoms with Gasteiger partial charge in [-0.25, -0.2) is 22.6 Å². The van der Waals surface area contributed by atoms with Crippen molar-refractivity contribution >= 4 is 37.8 Å². The molecule has 4 aromatic rings. The van der Waals surface area contributed by atoms with Crippen molar-refractivity contribution in [1.29, 1.82) is 0 Å². The zero-order valence-electron chi connectivity index (χ0n) is 16.2. The zero-order chi connectivity index (χ0) is 21.6. The minimum Gasteiger partial charge on any atom is -0.408 e. The summed E-state index contributed by atoms with van der Waals surface area (Å²) in [6, 6.07) is 8.04. The van der Waals surface area contributed by atoms with Gasteiger partial charge in [0.2, 0.25) is 5.13 Å². The fraction of sp³-hybridized carbons (Fsp3) is 0.250. The van der Waals surface area contributed by atoms with E-state index in [9.17, 15) is 17.6 Å². The lowest BCUT2D eigenvalue weighted by Gasteiger charge is -2.19. The van der Waals surface area contributed by atoms with E-state index in [0.29, 0.717) is 0 Å². The maximum absolute atomic E-state index is 14.8. The molecule has 1 aliphatic carbocycles. The Hall–Kier alpha value is -3.05. The van der Waals surface area contributed by atoms with Gasteiger partial charge in [-0.3, -0.25) is 9.29 Å². The van der Waals surface area contributed by atoms with Gasteiger partial charge in [-0.05, 0) is 42.4 Å². The van der Waals surface area contributed by atoms with Crippen LogP contribution in [-0.4, -0.2) is 22.3 Å². The standard InChI is InChI=1S/C20H17FN4O4S2/c21-15-8-16-17(9-18(15)31(27,28)24-19-22-11-23-30-19)29-20(26)25(16)10-13-6-3-5-12-4-1-2-7-14(12)13/h3,5-6,8-9,11H,1-2,4,7,10H2,(H,22,23,24). The Morgan fingerprint density at radius 2 is 2.06 bits per heavy atom. The van der Waals surface area contributed by atoms with E-state index < -0.39 is 26.5 Å². The lowest BCUT2D eigenvalue weighted by Crippen LogP contribution is -2.17. The van der Waals surface area contributed by atoms with E-state index in [1.165, 1.54) is 22.0 Å². The van der Waals surface area contributed by atoms with Crippen LogP contribution >= 0.6 is 11.5 Å². The van der Waals surface area contributed by atoms with Crippen LogP contribution < -0.4 is 10.5 Å². The second-order valence-corrected chi connectivity index (χ2v) is 9.75. The van der Waals surface area contributed by atoms with E-state index in [1.54, 1.807) is 0 Å². The van der Waals surface area contributed by atoms with Gasteiger partial charge in [-0.1, -0.05) is 18.2 Å². The molecule has 0 spiro atoms. The summed E-state index contributed by atoms with van der Waals surface area (Å²) >= 11 is 0.821. The van der Waals surface area contributed by atoms with Crippen LogP contribution in [0.3, 0.4) is 0 Å². The summed E-state index contributed by atoms with van der Waals surface area (Å²) in [5.74, 6) is -1.66. The zero-order valence-corrected chi connectivity index (χ0v) is 17.8. The third-order valence-electron chi connectivity index (χ3n) is 5.42. The van der Waals surface area contributed by atoms with Crippen LogP contribution in [0.5, 0.6) is 0 Å². The van der Waals surface area contributed by atoms with Crippen LogP contribution in [0.15, 0.2) is 50.8 Å². The lowest BCUT2D eigenvalue weighted by molar-refractivity contribution is 0.515. The van der Waals surface area contributed by atoms with Gasteiger partial charge in [0.25, 0.3) is 10.0 Å². The Morgan fingerprint density at radius 3 is 2.87 bits per heavy atom. The molecule has 0 saturated heterocycles. The summed E-state index contributed by atoms with van der Waals surface area (Å²) in [5.41, 5.74) is 3.67. The quantitative estimate of drug-likeness (QED) is 0.490. The molecule has 0 fully saturated rings. The molecule has 8 nitrogen and oxygen atoms in total. The van der Waals surface area contributed by atoms with Crippen LogP contribution in [0.1, 0.15) is 29.5 Å². The number of aryl methyl sites for hydroxylation is 1. The maximum Gasteiger partial charge on any atom is 0.420 e. The summed E-state index contributed by atoms with van der Waals surface area (Å²) in [5, 5.41) is 0.00683. The molecule has 5 rings (SSSR count). The van der Waals surface area contributed by atoms with E-state index in [0.717, 1.165) is 54.9 Å². The Morgan fingerprint density at radius 1 is 1.23 bits per heavy atom. The number of fused-ring (bicyclic) bond motifs is 2. The first-order chi connectivity index (χ1) is 14.9. The topological polar surface area (TPSA) is 107 Å². The number of aromatic nitrogens is 3. The number of anilines is 1. The molecule has 2 heterocycles. The number of rotatable bonds is 5. The van der Waals surface area contributed by atoms with Gasteiger partial charge in [0.1, 0.15) is 17.0 Å². The predicted molar refractivity (Wildman–Crippen MR) is 113 cm³/mol. The first kappa shape index (κ1) is 19.9. The van der Waals surface area contributed by atoms with Crippen molar-refractivity contribution in [1.82, 2.24) is 13.9 Å². The van der Waals surface area contributed by atoms with Gasteiger partial charge in [0.05, 0.1) is 12.1 Å². The first-order valence-corrected chi connectivity index (χ1v) is 11.9. The van der Waals surface area contributed by atoms with Gasteiger partial charge >= 0.3 is 5.76 Å². The Balaban J connectivity index is 1.56. The molecule has 0 amide bonds. The monoisotopic (exact) mass is 460 g/mol. The number of nitrogens with one attached hydrogen (secondary N) is 1. The van der Waals surface area contributed by atoms with Crippen LogP contribution in [0.2, 0.25) is 0 Å². The van der Waals surface area contributed by atoms with E-state index in [4.69, 9.17) is 4.42 Å². The van der Waals surface area contributed by atoms with Crippen molar-refractivity contribution < 1.29 is 17.2 Å². The molecule has 0 bridgehead atoms. The molecule has 1 aliphatic rings. The molecule has 31 heavy (non-hydrogen) atoms. The molecule has 11 heteroatoms. The molecule has 2 aromatic heterocycles. The maximum atomic E-state index is 14.8. The third-order valence-corrected chi connectivity index (χ3v) is 7.48. The number of sulfonamides is 1. The highest BCUT2D eigenvalue weighted by atomic mass is 32.2. The minimum atomic E-state index is -4.27. The van der Waals surface area contributed by atoms with E-state index in [2.05, 4.69) is 20.1 Å². The Bertz CT molecular complexity index is 1440. The molecule has 0 aliphatic heterocycles. The minimum absolute atomic E-state index is 0.00571. The average molecular weight is 461 g/mol. The van der Waals surface area contributed by atoms with Gasteiger partial charge in [0.15, 0.2) is 5.58 Å². The Labute approximate surface area is 180 Å². The second-order valence-electron chi connectivity index (χ2n) is 7.32. The fourth-order valence-corrected chi connectivity index (χ4v) is 5.72. The molecule has 1 N–H and O–H groups in total. The summed E-state index contributed by atoms with van der Waals surface area (Å²) in [7, 11) is -4.27. The number of oxazole rings is 1. The van der Waals surface area contributed by atoms with Crippen molar-refractivity contribution in [2.75, 3.05) is 4.72 Å². The smallest absolute Gasteiger partial charge is 0.408 e. The largest absolute Gasteiger partial charge is 0.420 e. The highest BCUT2D eigenvalue weighted by Crippen LogP contribution is 2.28. The summed E-state index contributed by atoms with van der Waals surface area (Å²) in [6.07, 6.45) is 5.34. The van der Waals surface area contributed by atoms with Crippen molar-refractivity contribution in [3.63, 3.8) is 0 Å². The molecule has 0 unspecified atom stereocenters. The number of nitrogens with zero attached hydrogens (tertiary/aromatic N) is 3. The van der Waals surface area contributed by atoms with E-state index >= 15 is 0 Å². The highest BCUT2D eigenvalue weighted by molar-refractivity contribution is 7.93. The van der Waals surface area contributed by atoms with Crippen molar-refractivity contribution in [2.45, 2.75) is 37.1 Å². The number of halogens is 1. The normalized spacial score (nSPS) is 14.0. The molecule has 0 atom stereocenters. The van der Waals surface area contributed by atoms with Gasteiger partial charge in [0, 0.05) is 23.7 Å². The summed E-state index contributed by atoms with van der Waals surface area (Å²) in [4.78, 5) is 15.6. The number of hydrogen-bond donors (Lipinski definition) is 1. The van der Waals surface area contributed by atoms with Crippen molar-refractivity contribution in [2.24, 2.45) is 0 Å². The van der Waals surface area contributed by atoms with Crippen molar-refractivity contribution in [3.8, 4) is 0 Å². The SMILES string of the molecule is O=c1oc2cc(S(=O)(=O)Nc3ncns3)c(F)cc2n1Cc1cccc2c1CCCC2. The highest BCUT2D eigenvalue weighted by Gasteiger charge is 2.24. The number of hydrogen-bond acceptors (Lipinski definition) is 7. The van der Waals surface area contributed by atoms with Gasteiger partial charge < -0.3 is 4.42 Å². The molecule has 0 saturated carbocycles. The van der Waals surface area contributed by atoms with Crippen molar-refractivity contribution in [3.05, 3.63) is 69.7 Å². The molecular formula is C20H17FN4O4S2. The van der Waals surface area contributed by atoms with Gasteiger partial charge in [-0.15, -0.1) is 0 Å². The Kier molecular flexibility index (Phi) is 4.86. The fourth-order valence-electron chi connectivity index (χ4n) is 3.99. The average Bonchev–Trinajstić information content (AvgIpc) is 3.35. The van der Waals surface area contributed by atoms with Crippen LogP contribution in [-0.2, 0) is 29.4 Å². The first-order valence-electron chi connectivity index (χ1n) is 9.64. The van der Waals surface area contributed by atoms with E-state index in [-0.39, 0.29) is 22.8 Å². The molecule has 2 aromatic carbocycles. The van der Waals surface area contributed by atoms with E-state index in [1.807, 2.05) is 12.1 Å². The number of benzene rings is 2.